The number of unbranched alkanes of at least 4 members (excludes halogenated alkanes) is 12. The van der Waals surface area contributed by atoms with E-state index >= 15 is 0 Å². The summed E-state index contributed by atoms with van der Waals surface area (Å²) >= 11 is 0. The Morgan fingerprint density at radius 3 is 1.21 bits per heavy atom. The lowest BCUT2D eigenvalue weighted by Crippen LogP contribution is -2.01. The van der Waals surface area contributed by atoms with E-state index in [1.54, 1.807) is 0 Å². The second-order valence-electron chi connectivity index (χ2n) is 5.50. The molecule has 115 valence electrons. The Balaban J connectivity index is 3.03. The van der Waals surface area contributed by atoms with Crippen LogP contribution in [0.3, 0.4) is 0 Å². The van der Waals surface area contributed by atoms with Crippen molar-refractivity contribution in [1.82, 2.24) is 0 Å². The average molecular weight is 291 g/mol. The summed E-state index contributed by atoms with van der Waals surface area (Å²) < 4.78 is 31.1. The molecule has 0 spiro atoms. The molecule has 0 fully saturated rings. The predicted octanol–water partition coefficient (Wildman–Crippen LogP) is 4.84. The number of hydrogen-bond acceptors (Lipinski definition) is 2. The molecule has 19 heavy (non-hydrogen) atoms. The van der Waals surface area contributed by atoms with Gasteiger partial charge in [-0.1, -0.05) is 88.5 Å². The molecule has 0 amide bonds. The zero-order chi connectivity index (χ0) is 14.4. The van der Waals surface area contributed by atoms with Crippen LogP contribution in [0.4, 0.5) is 0 Å². The average Bonchev–Trinajstić information content (AvgIpc) is 2.34. The molecule has 4 heteroatoms. The van der Waals surface area contributed by atoms with Crippen LogP contribution in [0.1, 0.15) is 90.4 Å². The Bertz CT molecular complexity index is 273. The highest BCUT2D eigenvalue weighted by atomic mass is 32.2. The van der Waals surface area contributed by atoms with E-state index < -0.39 is 10.1 Å². The lowest BCUT2D eigenvalue weighted by Gasteiger charge is -2.02. The first-order valence-electron chi connectivity index (χ1n) is 8.00. The zero-order valence-corrected chi connectivity index (χ0v) is 13.3. The van der Waals surface area contributed by atoms with Crippen molar-refractivity contribution in [3.8, 4) is 0 Å². The van der Waals surface area contributed by atoms with Gasteiger partial charge in [0, 0.05) is 0 Å². The molecule has 0 aromatic rings. The van der Waals surface area contributed by atoms with Gasteiger partial charge in [-0.05, 0) is 6.42 Å². The van der Waals surface area contributed by atoms with Gasteiger partial charge in [-0.15, -0.1) is 0 Å². The molecule has 0 unspecified atom stereocenters. The van der Waals surface area contributed by atoms with Crippen molar-refractivity contribution >= 4 is 10.1 Å². The summed E-state index contributed by atoms with van der Waals surface area (Å²) in [5, 5.41) is 0. The van der Waals surface area contributed by atoms with Crippen LogP contribution < -0.4 is 0 Å². The third-order valence-electron chi connectivity index (χ3n) is 3.50. The Kier molecular flexibility index (Phi) is 12.9. The van der Waals surface area contributed by atoms with Crippen molar-refractivity contribution in [2.45, 2.75) is 90.4 Å². The van der Waals surface area contributed by atoms with Crippen LogP contribution in [-0.2, 0) is 14.7 Å². The molecule has 0 atom stereocenters. The molecule has 0 aromatic carbocycles. The largest absolute Gasteiger partial charge is 0.294 e. The van der Waals surface area contributed by atoms with Crippen LogP contribution in [0, 0.1) is 0 Å². The first-order valence-corrected chi connectivity index (χ1v) is 9.57. The van der Waals surface area contributed by atoms with Gasteiger partial charge in [0.05, 0.1) is 5.75 Å². The van der Waals surface area contributed by atoms with Gasteiger partial charge in [0.1, 0.15) is 0 Å². The van der Waals surface area contributed by atoms with E-state index in [0.29, 0.717) is 6.42 Å². The Hall–Kier alpha value is -0.0900. The molecule has 0 saturated carbocycles. The van der Waals surface area contributed by atoms with Crippen molar-refractivity contribution in [2.24, 2.45) is 0 Å². The smallest absolute Gasteiger partial charge is 0.197 e. The normalized spacial score (nSPS) is 11.9. The second kappa shape index (κ2) is 12.9. The summed E-state index contributed by atoms with van der Waals surface area (Å²) in [6.07, 6.45) is 15.7. The maximum absolute atomic E-state index is 10.4. The van der Waals surface area contributed by atoms with Crippen molar-refractivity contribution in [1.29, 1.82) is 0 Å². The molecular weight excluding hydrogens is 260 g/mol. The maximum atomic E-state index is 10.4. The van der Waals surface area contributed by atoms with Gasteiger partial charge >= 0.3 is 0 Å². The van der Waals surface area contributed by atoms with E-state index in [2.05, 4.69) is 6.92 Å². The fourth-order valence-corrected chi connectivity index (χ4v) is 2.85. The molecule has 0 heterocycles. The highest BCUT2D eigenvalue weighted by Gasteiger charge is 2.04. The molecule has 0 N–H and O–H groups in total. The van der Waals surface area contributed by atoms with Crippen LogP contribution >= 0.6 is 0 Å². The van der Waals surface area contributed by atoms with Crippen LogP contribution in [0.2, 0.25) is 0 Å². The summed E-state index contributed by atoms with van der Waals surface area (Å²) in [5.41, 5.74) is 0. The summed E-state index contributed by atoms with van der Waals surface area (Å²) in [5.74, 6) is -0.190. The van der Waals surface area contributed by atoms with E-state index in [-0.39, 0.29) is 5.75 Å². The molecule has 0 bridgehead atoms. The van der Waals surface area contributed by atoms with Crippen molar-refractivity contribution < 1.29 is 13.0 Å². The van der Waals surface area contributed by atoms with Crippen molar-refractivity contribution in [3.05, 3.63) is 0 Å². The lowest BCUT2D eigenvalue weighted by molar-refractivity contribution is 0.412. The van der Waals surface area contributed by atoms with E-state index in [9.17, 15) is 13.0 Å². The quantitative estimate of drug-likeness (QED) is 0.430. The van der Waals surface area contributed by atoms with E-state index in [0.717, 1.165) is 12.8 Å². The minimum absolute atomic E-state index is 0.190. The second-order valence-corrected chi connectivity index (χ2v) is 7.03. The monoisotopic (exact) mass is 291 g/mol. The van der Waals surface area contributed by atoms with E-state index in [1.165, 1.54) is 64.2 Å². The van der Waals surface area contributed by atoms with Gasteiger partial charge in [-0.2, -0.15) is 8.42 Å². The SMILES string of the molecule is CCCCCCCCCCCCCCCS([O])(=O)=O. The standard InChI is InChI=1S/C15H31O3S/c1-2-3-4-5-6-7-8-9-10-11-12-13-14-15-19(16,17)18/h2-15H2,1H3. The van der Waals surface area contributed by atoms with Gasteiger partial charge in [-0.25, -0.2) is 0 Å². The van der Waals surface area contributed by atoms with Gasteiger partial charge in [0.25, 0.3) is 10.1 Å². The van der Waals surface area contributed by atoms with E-state index in [4.69, 9.17) is 0 Å². The van der Waals surface area contributed by atoms with Crippen LogP contribution in [0.25, 0.3) is 0 Å². The molecule has 0 aliphatic carbocycles. The number of hydrogen-bond donors (Lipinski definition) is 0. The Morgan fingerprint density at radius 1 is 0.579 bits per heavy atom. The fourth-order valence-electron chi connectivity index (χ4n) is 2.30. The summed E-state index contributed by atoms with van der Waals surface area (Å²) in [6, 6.07) is 0. The molecule has 1 radical (unpaired) electrons. The fraction of sp³-hybridized carbons (Fsp3) is 1.00. The first kappa shape index (κ1) is 18.9. The van der Waals surface area contributed by atoms with Gasteiger partial charge in [0.15, 0.2) is 0 Å². The molecule has 0 saturated heterocycles. The van der Waals surface area contributed by atoms with Crippen LogP contribution in [-0.4, -0.2) is 14.2 Å². The zero-order valence-electron chi connectivity index (χ0n) is 12.5. The van der Waals surface area contributed by atoms with Gasteiger partial charge in [0.2, 0.25) is 0 Å². The lowest BCUT2D eigenvalue weighted by atomic mass is 10.1. The van der Waals surface area contributed by atoms with Crippen LogP contribution in [0.5, 0.6) is 0 Å². The Morgan fingerprint density at radius 2 is 0.895 bits per heavy atom. The van der Waals surface area contributed by atoms with Gasteiger partial charge < -0.3 is 0 Å². The summed E-state index contributed by atoms with van der Waals surface area (Å²) in [6.45, 7) is 2.24. The topological polar surface area (TPSA) is 54.0 Å². The van der Waals surface area contributed by atoms with Gasteiger partial charge in [-0.3, -0.25) is 0 Å². The first-order chi connectivity index (χ1) is 9.06. The number of rotatable bonds is 14. The van der Waals surface area contributed by atoms with Crippen molar-refractivity contribution in [2.75, 3.05) is 5.75 Å². The molecule has 3 nitrogen and oxygen atoms in total. The minimum Gasteiger partial charge on any atom is -0.197 e. The molecule has 0 aliphatic heterocycles. The summed E-state index contributed by atoms with van der Waals surface area (Å²) in [7, 11) is -3.99. The summed E-state index contributed by atoms with van der Waals surface area (Å²) in [4.78, 5) is 0. The highest BCUT2D eigenvalue weighted by molar-refractivity contribution is 7.85. The molecule has 0 rings (SSSR count). The predicted molar refractivity (Wildman–Crippen MR) is 80.2 cm³/mol. The third-order valence-corrected chi connectivity index (χ3v) is 4.29. The Labute approximate surface area is 119 Å². The maximum Gasteiger partial charge on any atom is 0.294 e. The minimum atomic E-state index is -3.99. The molecule has 0 aromatic heterocycles. The van der Waals surface area contributed by atoms with E-state index in [1.807, 2.05) is 0 Å². The van der Waals surface area contributed by atoms with Crippen molar-refractivity contribution in [3.63, 3.8) is 0 Å². The van der Waals surface area contributed by atoms with Crippen LogP contribution in [0.15, 0.2) is 0 Å². The molecular formula is C15H31O3S. The molecule has 0 aliphatic rings. The third kappa shape index (κ3) is 17.9. The highest BCUT2D eigenvalue weighted by Crippen LogP contribution is 2.12.